The van der Waals surface area contributed by atoms with Crippen LogP contribution < -0.4 is 10.4 Å². The molecule has 0 spiro atoms. The van der Waals surface area contributed by atoms with Gasteiger partial charge in [-0.05, 0) is 12.1 Å². The van der Waals surface area contributed by atoms with Gasteiger partial charge in [-0.1, -0.05) is 97.7 Å². The van der Waals surface area contributed by atoms with Crippen molar-refractivity contribution >= 4 is 18.4 Å². The highest BCUT2D eigenvalue weighted by Crippen LogP contribution is 2.18. The fraction of sp³-hybridized carbons (Fsp3) is 0.278. The zero-order valence-electron chi connectivity index (χ0n) is 12.0. The van der Waals surface area contributed by atoms with E-state index < -0.39 is 8.07 Å². The van der Waals surface area contributed by atoms with Crippen LogP contribution in [0, 0.1) is 6.04 Å². The minimum atomic E-state index is -1.67. The van der Waals surface area contributed by atoms with E-state index in [0.717, 1.165) is 0 Å². The number of benzene rings is 2. The van der Waals surface area contributed by atoms with E-state index in [1.807, 2.05) is 0 Å². The summed E-state index contributed by atoms with van der Waals surface area (Å²) in [4.78, 5) is 0. The number of unbranched alkanes of at least 4 members (excludes halogenated alkanes) is 1. The van der Waals surface area contributed by atoms with Gasteiger partial charge in [0.15, 0.2) is 0 Å². The Labute approximate surface area is 118 Å². The largest absolute Gasteiger partial charge is 0.120 e. The zero-order chi connectivity index (χ0) is 13.6. The van der Waals surface area contributed by atoms with E-state index in [1.54, 1.807) is 0 Å². The Bertz CT molecular complexity index is 436. The van der Waals surface area contributed by atoms with Crippen LogP contribution in [0.15, 0.2) is 60.7 Å². The smallest absolute Gasteiger partial charge is 0.0654 e. The summed E-state index contributed by atoms with van der Waals surface area (Å²) in [6, 6.07) is 26.0. The summed E-state index contributed by atoms with van der Waals surface area (Å²) in [6.07, 6.45) is 2.57. The van der Waals surface area contributed by atoms with Crippen LogP contribution in [-0.4, -0.2) is 8.07 Å². The maximum absolute atomic E-state index is 2.51. The molecule has 2 aromatic rings. The molecule has 19 heavy (non-hydrogen) atoms. The van der Waals surface area contributed by atoms with Crippen molar-refractivity contribution in [1.29, 1.82) is 0 Å². The molecule has 0 unspecified atom stereocenters. The second kappa shape index (κ2) is 6.72. The third-order valence-corrected chi connectivity index (χ3v) is 8.85. The van der Waals surface area contributed by atoms with E-state index in [0.29, 0.717) is 0 Å². The fourth-order valence-corrected chi connectivity index (χ4v) is 7.21. The second-order valence-corrected chi connectivity index (χ2v) is 9.27. The van der Waals surface area contributed by atoms with Gasteiger partial charge in [0.1, 0.15) is 8.07 Å². The van der Waals surface area contributed by atoms with Crippen molar-refractivity contribution in [2.45, 2.75) is 32.7 Å². The van der Waals surface area contributed by atoms with Crippen LogP contribution in [0.5, 0.6) is 0 Å². The second-order valence-electron chi connectivity index (χ2n) is 5.10. The molecule has 0 amide bonds. The van der Waals surface area contributed by atoms with Gasteiger partial charge < -0.3 is 0 Å². The zero-order valence-corrected chi connectivity index (χ0v) is 13.0. The lowest BCUT2D eigenvalue weighted by molar-refractivity contribution is 0.872. The summed E-state index contributed by atoms with van der Waals surface area (Å²) in [6.45, 7) is 4.53. The Morgan fingerprint density at radius 1 is 0.842 bits per heavy atom. The molecular formula is C18H23Si. The minimum Gasteiger partial charge on any atom is -0.0654 e. The van der Waals surface area contributed by atoms with Crippen molar-refractivity contribution in [3.05, 3.63) is 66.7 Å². The number of hydrogen-bond acceptors (Lipinski definition) is 0. The third-order valence-electron chi connectivity index (χ3n) is 4.00. The molecule has 99 valence electrons. The first-order chi connectivity index (χ1) is 9.33. The molecule has 0 heterocycles. The maximum Gasteiger partial charge on any atom is 0.120 e. The van der Waals surface area contributed by atoms with Gasteiger partial charge in [0.25, 0.3) is 0 Å². The third kappa shape index (κ3) is 2.98. The maximum atomic E-state index is 2.51. The van der Waals surface area contributed by atoms with Crippen LogP contribution in [0.3, 0.4) is 0 Å². The SMILES string of the molecule is C[CH][Si](CCCC)(c1ccccc1)c1ccccc1. The van der Waals surface area contributed by atoms with Gasteiger partial charge in [0.05, 0.1) is 0 Å². The molecular weight excluding hydrogens is 244 g/mol. The molecule has 0 aromatic heterocycles. The normalized spacial score (nSPS) is 11.5. The molecule has 0 N–H and O–H groups in total. The molecule has 2 aromatic carbocycles. The van der Waals surface area contributed by atoms with E-state index >= 15 is 0 Å². The van der Waals surface area contributed by atoms with Crippen molar-refractivity contribution in [2.24, 2.45) is 0 Å². The summed E-state index contributed by atoms with van der Waals surface area (Å²) >= 11 is 0. The fourth-order valence-electron chi connectivity index (χ4n) is 2.86. The predicted octanol–water partition coefficient (Wildman–Crippen LogP) is 3.81. The lowest BCUT2D eigenvalue weighted by Crippen LogP contribution is -2.58. The van der Waals surface area contributed by atoms with Crippen molar-refractivity contribution in [3.8, 4) is 0 Å². The minimum absolute atomic E-state index is 1.27. The van der Waals surface area contributed by atoms with Crippen LogP contribution in [-0.2, 0) is 0 Å². The van der Waals surface area contributed by atoms with Gasteiger partial charge in [-0.25, -0.2) is 0 Å². The summed E-state index contributed by atoms with van der Waals surface area (Å²) < 4.78 is 0. The number of hydrogen-bond donors (Lipinski definition) is 0. The molecule has 0 saturated carbocycles. The first-order valence-corrected chi connectivity index (χ1v) is 9.53. The van der Waals surface area contributed by atoms with E-state index in [-0.39, 0.29) is 0 Å². The molecule has 0 saturated heterocycles. The van der Waals surface area contributed by atoms with E-state index in [2.05, 4.69) is 80.6 Å². The van der Waals surface area contributed by atoms with Gasteiger partial charge in [0, 0.05) is 0 Å². The van der Waals surface area contributed by atoms with Gasteiger partial charge >= 0.3 is 0 Å². The molecule has 0 nitrogen and oxygen atoms in total. The van der Waals surface area contributed by atoms with Crippen LogP contribution in [0.4, 0.5) is 0 Å². The van der Waals surface area contributed by atoms with Crippen LogP contribution in [0.25, 0.3) is 0 Å². The van der Waals surface area contributed by atoms with Crippen LogP contribution in [0.2, 0.25) is 6.04 Å². The van der Waals surface area contributed by atoms with Crippen LogP contribution >= 0.6 is 0 Å². The Hall–Kier alpha value is -1.34. The first kappa shape index (κ1) is 14.1. The van der Waals surface area contributed by atoms with Crippen molar-refractivity contribution in [1.82, 2.24) is 0 Å². The average Bonchev–Trinajstić information content (AvgIpc) is 2.51. The van der Waals surface area contributed by atoms with Crippen LogP contribution in [0.1, 0.15) is 26.7 Å². The highest BCUT2D eigenvalue weighted by molar-refractivity contribution is 7.04. The standard InChI is InChI=1S/C18H23Si/c1-3-5-16-19(4-2,17-12-8-6-9-13-17)18-14-10-7-11-15-18/h4,6-15H,3,5,16H2,1-2H3. The molecule has 0 fully saturated rings. The molecule has 2 rings (SSSR count). The van der Waals surface area contributed by atoms with E-state index in [9.17, 15) is 0 Å². The Morgan fingerprint density at radius 3 is 1.68 bits per heavy atom. The highest BCUT2D eigenvalue weighted by atomic mass is 28.3. The molecule has 0 aliphatic heterocycles. The monoisotopic (exact) mass is 267 g/mol. The Balaban J connectivity index is 2.48. The van der Waals surface area contributed by atoms with Gasteiger partial charge in [-0.2, -0.15) is 0 Å². The van der Waals surface area contributed by atoms with Crippen molar-refractivity contribution in [3.63, 3.8) is 0 Å². The topological polar surface area (TPSA) is 0 Å². The Morgan fingerprint density at radius 2 is 1.32 bits per heavy atom. The first-order valence-electron chi connectivity index (χ1n) is 7.25. The molecule has 0 aliphatic rings. The van der Waals surface area contributed by atoms with Crippen molar-refractivity contribution < 1.29 is 0 Å². The molecule has 1 radical (unpaired) electrons. The van der Waals surface area contributed by atoms with E-state index in [4.69, 9.17) is 0 Å². The molecule has 0 atom stereocenters. The lowest BCUT2D eigenvalue weighted by Gasteiger charge is -2.31. The predicted molar refractivity (Wildman–Crippen MR) is 87.6 cm³/mol. The average molecular weight is 267 g/mol. The van der Waals surface area contributed by atoms with Gasteiger partial charge in [0.2, 0.25) is 0 Å². The highest BCUT2D eigenvalue weighted by Gasteiger charge is 2.34. The molecule has 0 aliphatic carbocycles. The summed E-state index contributed by atoms with van der Waals surface area (Å²) in [5, 5.41) is 3.08. The van der Waals surface area contributed by atoms with Gasteiger partial charge in [-0.15, -0.1) is 0 Å². The quantitative estimate of drug-likeness (QED) is 0.698. The van der Waals surface area contributed by atoms with E-state index in [1.165, 1.54) is 29.3 Å². The summed E-state index contributed by atoms with van der Waals surface area (Å²) in [5.41, 5.74) is 0. The van der Waals surface area contributed by atoms with Gasteiger partial charge in [-0.3, -0.25) is 0 Å². The van der Waals surface area contributed by atoms with Crippen molar-refractivity contribution in [2.75, 3.05) is 0 Å². The summed E-state index contributed by atoms with van der Waals surface area (Å²) in [5.74, 6) is 0. The number of rotatable bonds is 6. The lowest BCUT2D eigenvalue weighted by atomic mass is 10.4. The Kier molecular flexibility index (Phi) is 4.98. The molecule has 1 heteroatoms. The molecule has 0 bridgehead atoms. The summed E-state index contributed by atoms with van der Waals surface area (Å²) in [7, 11) is -1.67.